The van der Waals surface area contributed by atoms with E-state index in [-0.39, 0.29) is 23.1 Å². The summed E-state index contributed by atoms with van der Waals surface area (Å²) in [5, 5.41) is 0. The normalized spacial score (nSPS) is 18.0. The van der Waals surface area contributed by atoms with Crippen LogP contribution in [0.1, 0.15) is 29.6 Å². The highest BCUT2D eigenvalue weighted by atomic mass is 16.2. The molecule has 0 radical (unpaired) electrons. The smallest absolute Gasteiger partial charge is 0.320 e. The molecule has 27 heavy (non-hydrogen) atoms. The maximum atomic E-state index is 12.8. The zero-order chi connectivity index (χ0) is 18.8. The lowest BCUT2D eigenvalue weighted by Gasteiger charge is -2.38. The number of carbonyl (C=O) groups is 2. The van der Waals surface area contributed by atoms with Crippen LogP contribution in [0.15, 0.2) is 35.4 Å². The molecule has 0 N–H and O–H groups in total. The summed E-state index contributed by atoms with van der Waals surface area (Å²) >= 11 is 0. The summed E-state index contributed by atoms with van der Waals surface area (Å²) in [4.78, 5) is 47.5. The molecule has 2 aliphatic rings. The van der Waals surface area contributed by atoms with E-state index >= 15 is 0 Å². The van der Waals surface area contributed by atoms with Gasteiger partial charge in [-0.05, 0) is 31.4 Å². The Morgan fingerprint density at radius 2 is 1.52 bits per heavy atom. The molecule has 0 bridgehead atoms. The molecule has 2 aliphatic heterocycles. The van der Waals surface area contributed by atoms with Crippen LogP contribution in [0.2, 0.25) is 0 Å². The van der Waals surface area contributed by atoms with Crippen LogP contribution in [0.4, 0.5) is 4.79 Å². The number of likely N-dealkylation sites (tertiary alicyclic amines) is 1. The third-order valence-corrected chi connectivity index (χ3v) is 5.31. The lowest BCUT2D eigenvalue weighted by Crippen LogP contribution is -2.55. The number of hydrogen-bond acceptors (Lipinski definition) is 4. The average molecular weight is 369 g/mol. The van der Waals surface area contributed by atoms with Crippen molar-refractivity contribution in [1.82, 2.24) is 24.1 Å². The Kier molecular flexibility index (Phi) is 4.79. The number of aromatic nitrogens is 2. The highest BCUT2D eigenvalue weighted by Crippen LogP contribution is 2.13. The van der Waals surface area contributed by atoms with E-state index in [1.54, 1.807) is 34.2 Å². The minimum Gasteiger partial charge on any atom is -0.335 e. The standard InChI is InChI=1S/C19H23N5O3/c25-17(15-14-20-16-6-2-5-9-24(16)18(15)26)21-10-12-23(13-11-21)19(27)22-7-3-1-4-8-22/h2,5-6,9,14H,1,3-4,7-8,10-13H2. The van der Waals surface area contributed by atoms with Crippen molar-refractivity contribution >= 4 is 17.6 Å². The largest absolute Gasteiger partial charge is 0.335 e. The number of nitrogens with zero attached hydrogens (tertiary/aromatic N) is 5. The van der Waals surface area contributed by atoms with Crippen LogP contribution >= 0.6 is 0 Å². The summed E-state index contributed by atoms with van der Waals surface area (Å²) in [5.41, 5.74) is 0.211. The number of urea groups is 1. The zero-order valence-corrected chi connectivity index (χ0v) is 15.2. The van der Waals surface area contributed by atoms with Crippen LogP contribution in [-0.2, 0) is 0 Å². The second-order valence-electron chi connectivity index (χ2n) is 7.02. The predicted octanol–water partition coefficient (Wildman–Crippen LogP) is 1.06. The molecule has 8 heteroatoms. The topological polar surface area (TPSA) is 78.2 Å². The number of fused-ring (bicyclic) bond motifs is 1. The maximum Gasteiger partial charge on any atom is 0.320 e. The molecule has 8 nitrogen and oxygen atoms in total. The summed E-state index contributed by atoms with van der Waals surface area (Å²) in [6.07, 6.45) is 6.26. The van der Waals surface area contributed by atoms with Crippen LogP contribution < -0.4 is 5.56 Å². The van der Waals surface area contributed by atoms with E-state index in [1.807, 2.05) is 4.90 Å². The minimum atomic E-state index is -0.363. The Labute approximate surface area is 157 Å². The zero-order valence-electron chi connectivity index (χ0n) is 15.2. The SMILES string of the molecule is O=C(c1cnc2ccccn2c1=O)N1CCN(C(=O)N2CCCCC2)CC1. The fraction of sp³-hybridized carbons (Fsp3) is 0.474. The first-order valence-corrected chi connectivity index (χ1v) is 9.45. The number of hydrogen-bond donors (Lipinski definition) is 0. The molecule has 0 unspecified atom stereocenters. The van der Waals surface area contributed by atoms with Crippen LogP contribution in [0.3, 0.4) is 0 Å². The van der Waals surface area contributed by atoms with E-state index in [4.69, 9.17) is 0 Å². The van der Waals surface area contributed by atoms with Crippen molar-refractivity contribution in [2.24, 2.45) is 0 Å². The number of carbonyl (C=O) groups excluding carboxylic acids is 2. The highest BCUT2D eigenvalue weighted by Gasteiger charge is 2.29. The van der Waals surface area contributed by atoms with E-state index in [2.05, 4.69) is 4.98 Å². The van der Waals surface area contributed by atoms with Crippen LogP contribution in [0.25, 0.3) is 5.65 Å². The summed E-state index contributed by atoms with van der Waals surface area (Å²) < 4.78 is 1.38. The summed E-state index contributed by atoms with van der Waals surface area (Å²) in [5.74, 6) is -0.323. The molecule has 2 fully saturated rings. The Morgan fingerprint density at radius 1 is 0.852 bits per heavy atom. The lowest BCUT2D eigenvalue weighted by atomic mass is 10.1. The van der Waals surface area contributed by atoms with E-state index in [0.29, 0.717) is 31.8 Å². The van der Waals surface area contributed by atoms with Crippen molar-refractivity contribution in [2.45, 2.75) is 19.3 Å². The van der Waals surface area contributed by atoms with Gasteiger partial charge in [0.1, 0.15) is 11.2 Å². The van der Waals surface area contributed by atoms with Crippen LogP contribution in [0, 0.1) is 0 Å². The first-order chi connectivity index (χ1) is 13.1. The van der Waals surface area contributed by atoms with Gasteiger partial charge in [-0.1, -0.05) is 6.07 Å². The molecule has 2 saturated heterocycles. The quantitative estimate of drug-likeness (QED) is 0.753. The number of amides is 3. The highest BCUT2D eigenvalue weighted by molar-refractivity contribution is 5.94. The van der Waals surface area contributed by atoms with Crippen molar-refractivity contribution in [1.29, 1.82) is 0 Å². The van der Waals surface area contributed by atoms with E-state index in [0.717, 1.165) is 25.9 Å². The number of piperazine rings is 1. The second-order valence-corrected chi connectivity index (χ2v) is 7.02. The predicted molar refractivity (Wildman–Crippen MR) is 99.8 cm³/mol. The van der Waals surface area contributed by atoms with Gasteiger partial charge >= 0.3 is 6.03 Å². The van der Waals surface area contributed by atoms with Gasteiger partial charge in [-0.2, -0.15) is 0 Å². The average Bonchev–Trinajstić information content (AvgIpc) is 2.74. The van der Waals surface area contributed by atoms with E-state index < -0.39 is 0 Å². The second kappa shape index (κ2) is 7.38. The van der Waals surface area contributed by atoms with E-state index in [1.165, 1.54) is 17.0 Å². The van der Waals surface area contributed by atoms with Crippen molar-refractivity contribution < 1.29 is 9.59 Å². The Hall–Kier alpha value is -2.90. The molecular weight excluding hydrogens is 346 g/mol. The van der Waals surface area contributed by atoms with Gasteiger partial charge in [0.2, 0.25) is 0 Å². The summed E-state index contributed by atoms with van der Waals surface area (Å²) in [6.45, 7) is 3.46. The fourth-order valence-electron chi connectivity index (χ4n) is 3.73. The molecule has 0 aliphatic carbocycles. The molecule has 0 aromatic carbocycles. The van der Waals surface area contributed by atoms with Gasteiger partial charge < -0.3 is 14.7 Å². The number of piperidine rings is 1. The van der Waals surface area contributed by atoms with Crippen LogP contribution in [0.5, 0.6) is 0 Å². The van der Waals surface area contributed by atoms with Gasteiger partial charge in [0, 0.05) is 51.7 Å². The van der Waals surface area contributed by atoms with Crippen LogP contribution in [-0.4, -0.2) is 75.3 Å². The Morgan fingerprint density at radius 3 is 2.26 bits per heavy atom. The summed E-state index contributed by atoms with van der Waals surface area (Å²) in [6, 6.07) is 5.31. The molecule has 0 atom stereocenters. The van der Waals surface area contributed by atoms with Gasteiger partial charge in [0.05, 0.1) is 0 Å². The van der Waals surface area contributed by atoms with Gasteiger partial charge in [0.25, 0.3) is 11.5 Å². The Bertz CT molecular complexity index is 911. The molecular formula is C19H23N5O3. The fourth-order valence-corrected chi connectivity index (χ4v) is 3.73. The third-order valence-electron chi connectivity index (χ3n) is 5.31. The molecule has 2 aromatic rings. The molecule has 142 valence electrons. The van der Waals surface area contributed by atoms with Gasteiger partial charge in [-0.3, -0.25) is 14.0 Å². The molecule has 3 amide bonds. The molecule has 0 saturated carbocycles. The van der Waals surface area contributed by atoms with Crippen molar-refractivity contribution in [3.63, 3.8) is 0 Å². The number of pyridine rings is 1. The number of rotatable bonds is 1. The van der Waals surface area contributed by atoms with Crippen molar-refractivity contribution in [3.8, 4) is 0 Å². The molecule has 4 heterocycles. The molecule has 2 aromatic heterocycles. The first-order valence-electron chi connectivity index (χ1n) is 9.45. The molecule has 0 spiro atoms. The Balaban J connectivity index is 1.44. The van der Waals surface area contributed by atoms with Gasteiger partial charge in [0.15, 0.2) is 0 Å². The lowest BCUT2D eigenvalue weighted by molar-refractivity contribution is 0.0630. The van der Waals surface area contributed by atoms with Crippen molar-refractivity contribution in [3.05, 3.63) is 46.5 Å². The van der Waals surface area contributed by atoms with Crippen molar-refractivity contribution in [2.75, 3.05) is 39.3 Å². The summed E-state index contributed by atoms with van der Waals surface area (Å²) in [7, 11) is 0. The van der Waals surface area contributed by atoms with Gasteiger partial charge in [-0.25, -0.2) is 9.78 Å². The minimum absolute atomic E-state index is 0.0641. The molecule has 4 rings (SSSR count). The maximum absolute atomic E-state index is 12.8. The van der Waals surface area contributed by atoms with E-state index in [9.17, 15) is 14.4 Å². The van der Waals surface area contributed by atoms with Gasteiger partial charge in [-0.15, -0.1) is 0 Å². The first kappa shape index (κ1) is 17.5. The third kappa shape index (κ3) is 3.39. The monoisotopic (exact) mass is 369 g/mol.